The molecule has 4 aromatic rings. The van der Waals surface area contributed by atoms with Crippen molar-refractivity contribution in [3.05, 3.63) is 90.5 Å². The van der Waals surface area contributed by atoms with Gasteiger partial charge in [0.05, 0.1) is 24.5 Å². The number of fused-ring (bicyclic) bond motifs is 1. The lowest BCUT2D eigenvalue weighted by molar-refractivity contribution is 0.594. The van der Waals surface area contributed by atoms with Crippen molar-refractivity contribution in [2.24, 2.45) is 0 Å². The van der Waals surface area contributed by atoms with Crippen LogP contribution in [-0.2, 0) is 29.5 Å². The number of rotatable bonds is 5. The molecule has 0 bridgehead atoms. The van der Waals surface area contributed by atoms with Crippen molar-refractivity contribution in [2.45, 2.75) is 31.4 Å². The van der Waals surface area contributed by atoms with Gasteiger partial charge in [-0.15, -0.1) is 0 Å². The average molecular weight is 501 g/mol. The van der Waals surface area contributed by atoms with E-state index in [2.05, 4.69) is 0 Å². The molecular formula is C24H20O6S3. The predicted molar refractivity (Wildman–Crippen MR) is 126 cm³/mol. The van der Waals surface area contributed by atoms with Crippen LogP contribution in [0.3, 0.4) is 0 Å². The van der Waals surface area contributed by atoms with Crippen LogP contribution in [0.15, 0.2) is 109 Å². The van der Waals surface area contributed by atoms with Gasteiger partial charge in [-0.25, -0.2) is 25.3 Å². The molecule has 0 aliphatic rings. The Kier molecular flexibility index (Phi) is 5.68. The average Bonchev–Trinajstić information content (AvgIpc) is 2.78. The third-order valence-electron chi connectivity index (χ3n) is 5.31. The molecule has 0 saturated heterocycles. The van der Waals surface area contributed by atoms with E-state index in [0.717, 1.165) is 11.8 Å². The topological polar surface area (TPSA) is 102 Å². The Labute approximate surface area is 193 Å². The summed E-state index contributed by atoms with van der Waals surface area (Å²) in [6.45, 7) is 1.86. The van der Waals surface area contributed by atoms with Gasteiger partial charge in [0.1, 0.15) is 0 Å². The van der Waals surface area contributed by atoms with Gasteiger partial charge >= 0.3 is 0 Å². The molecule has 0 aromatic heterocycles. The summed E-state index contributed by atoms with van der Waals surface area (Å²) < 4.78 is 76.8. The monoisotopic (exact) mass is 500 g/mol. The molecule has 0 fully saturated rings. The summed E-state index contributed by atoms with van der Waals surface area (Å²) in [6.07, 6.45) is 1.04. The lowest BCUT2D eigenvalue weighted by Gasteiger charge is -2.12. The molecule has 0 radical (unpaired) electrons. The molecule has 0 heterocycles. The van der Waals surface area contributed by atoms with Crippen LogP contribution in [0.1, 0.15) is 5.56 Å². The lowest BCUT2D eigenvalue weighted by atomic mass is 10.1. The van der Waals surface area contributed by atoms with Crippen LogP contribution in [0.5, 0.6) is 0 Å². The Bertz CT molecular complexity index is 1680. The Morgan fingerprint density at radius 2 is 0.848 bits per heavy atom. The molecule has 0 N–H and O–H groups in total. The van der Waals surface area contributed by atoms with Gasteiger partial charge in [-0.3, -0.25) is 0 Å². The van der Waals surface area contributed by atoms with Crippen LogP contribution in [0.25, 0.3) is 10.8 Å². The highest BCUT2D eigenvalue weighted by Crippen LogP contribution is 2.34. The largest absolute Gasteiger partial charge is 0.224 e. The summed E-state index contributed by atoms with van der Waals surface area (Å²) in [4.78, 5) is -0.0216. The fourth-order valence-electron chi connectivity index (χ4n) is 3.56. The second-order valence-electron chi connectivity index (χ2n) is 7.67. The van der Waals surface area contributed by atoms with Crippen LogP contribution < -0.4 is 0 Å². The van der Waals surface area contributed by atoms with E-state index >= 15 is 0 Å². The quantitative estimate of drug-likeness (QED) is 0.407. The van der Waals surface area contributed by atoms with Gasteiger partial charge in [-0.1, -0.05) is 42.0 Å². The second kappa shape index (κ2) is 8.09. The molecule has 4 aromatic carbocycles. The summed E-state index contributed by atoms with van der Waals surface area (Å²) in [5.74, 6) is 0. The van der Waals surface area contributed by atoms with Crippen molar-refractivity contribution >= 4 is 40.3 Å². The first kappa shape index (κ1) is 23.2. The second-order valence-corrected chi connectivity index (χ2v) is 13.5. The molecule has 0 unspecified atom stereocenters. The van der Waals surface area contributed by atoms with E-state index in [4.69, 9.17) is 0 Å². The van der Waals surface area contributed by atoms with Gasteiger partial charge in [0, 0.05) is 17.0 Å². The van der Waals surface area contributed by atoms with Gasteiger partial charge in [0.25, 0.3) is 0 Å². The van der Waals surface area contributed by atoms with Gasteiger partial charge < -0.3 is 0 Å². The van der Waals surface area contributed by atoms with E-state index in [0.29, 0.717) is 0 Å². The molecule has 0 atom stereocenters. The number of benzene rings is 4. The van der Waals surface area contributed by atoms with E-state index in [9.17, 15) is 25.3 Å². The molecule has 0 saturated carbocycles. The number of sulfone groups is 3. The molecule has 33 heavy (non-hydrogen) atoms. The van der Waals surface area contributed by atoms with Gasteiger partial charge in [-0.2, -0.15) is 0 Å². The highest BCUT2D eigenvalue weighted by Gasteiger charge is 2.25. The molecule has 0 amide bonds. The molecule has 170 valence electrons. The normalized spacial score (nSPS) is 12.7. The molecular weight excluding hydrogens is 480 g/mol. The minimum Gasteiger partial charge on any atom is -0.224 e. The third-order valence-corrected chi connectivity index (χ3v) is 10.1. The molecule has 0 spiro atoms. The first-order chi connectivity index (χ1) is 15.4. The Balaban J connectivity index is 1.90. The summed E-state index contributed by atoms with van der Waals surface area (Å²) in [5.41, 5.74) is 0.919. The minimum absolute atomic E-state index is 0.00541. The fourth-order valence-corrected chi connectivity index (χ4v) is 7.14. The van der Waals surface area contributed by atoms with E-state index in [1.54, 1.807) is 24.3 Å². The smallest absolute Gasteiger partial charge is 0.207 e. The zero-order valence-corrected chi connectivity index (χ0v) is 20.2. The minimum atomic E-state index is -4.05. The van der Waals surface area contributed by atoms with Crippen molar-refractivity contribution in [1.82, 2.24) is 0 Å². The molecule has 6 nitrogen and oxygen atoms in total. The number of hydrogen-bond acceptors (Lipinski definition) is 6. The maximum absolute atomic E-state index is 13.4. The first-order valence-electron chi connectivity index (χ1n) is 9.81. The van der Waals surface area contributed by atoms with Crippen molar-refractivity contribution in [3.8, 4) is 0 Å². The lowest BCUT2D eigenvalue weighted by Crippen LogP contribution is -2.06. The zero-order chi connectivity index (χ0) is 24.0. The highest BCUT2D eigenvalue weighted by molar-refractivity contribution is 7.92. The van der Waals surface area contributed by atoms with E-state index < -0.39 is 29.5 Å². The van der Waals surface area contributed by atoms with E-state index in [1.165, 1.54) is 60.7 Å². The molecule has 4 rings (SSSR count). The Morgan fingerprint density at radius 3 is 1.24 bits per heavy atom. The number of aryl methyl sites for hydroxylation is 1. The van der Waals surface area contributed by atoms with Crippen LogP contribution in [0.2, 0.25) is 0 Å². The van der Waals surface area contributed by atoms with Crippen molar-refractivity contribution in [2.75, 3.05) is 6.26 Å². The van der Waals surface area contributed by atoms with Crippen LogP contribution in [0.4, 0.5) is 0 Å². The zero-order valence-electron chi connectivity index (χ0n) is 17.8. The Hall–Kier alpha value is -3.01. The first-order valence-corrected chi connectivity index (χ1v) is 14.7. The highest BCUT2D eigenvalue weighted by atomic mass is 32.2. The fraction of sp³-hybridized carbons (Fsp3) is 0.0833. The van der Waals surface area contributed by atoms with Crippen molar-refractivity contribution in [3.63, 3.8) is 0 Å². The van der Waals surface area contributed by atoms with Crippen LogP contribution >= 0.6 is 0 Å². The SMILES string of the molecule is Cc1ccc(S(=O)(=O)c2cccc3c(S(=O)(=O)c4ccc(S(C)(=O)=O)cc4)cccc23)cc1. The summed E-state index contributed by atoms with van der Waals surface area (Å²) >= 11 is 0. The van der Waals surface area contributed by atoms with Gasteiger partial charge in [0.2, 0.25) is 19.7 Å². The van der Waals surface area contributed by atoms with Crippen LogP contribution in [0, 0.1) is 6.92 Å². The van der Waals surface area contributed by atoms with Crippen molar-refractivity contribution in [1.29, 1.82) is 0 Å². The third kappa shape index (κ3) is 4.19. The standard InChI is InChI=1S/C24H20O6S3/c1-17-9-11-19(12-10-17)32(27,28)23-7-3-6-22-21(23)5-4-8-24(22)33(29,30)20-15-13-18(14-16-20)31(2,25)26/h3-16H,1-2H3. The molecule has 0 aliphatic heterocycles. The Morgan fingerprint density at radius 1 is 0.485 bits per heavy atom. The molecule has 0 aliphatic carbocycles. The predicted octanol–water partition coefficient (Wildman–Crippen LogP) is 4.22. The van der Waals surface area contributed by atoms with Gasteiger partial charge in [-0.05, 0) is 55.5 Å². The summed E-state index contributed by atoms with van der Waals surface area (Å²) in [7, 11) is -11.4. The van der Waals surface area contributed by atoms with Crippen molar-refractivity contribution < 1.29 is 25.3 Å². The van der Waals surface area contributed by atoms with E-state index in [1.807, 2.05) is 6.92 Å². The number of hydrogen-bond donors (Lipinski definition) is 0. The van der Waals surface area contributed by atoms with E-state index in [-0.39, 0.29) is 35.2 Å². The maximum atomic E-state index is 13.4. The summed E-state index contributed by atoms with van der Waals surface area (Å²) in [5, 5.41) is 0.546. The summed E-state index contributed by atoms with van der Waals surface area (Å²) in [6, 6.07) is 20.4. The van der Waals surface area contributed by atoms with Gasteiger partial charge in [0.15, 0.2) is 9.84 Å². The maximum Gasteiger partial charge on any atom is 0.207 e. The molecule has 9 heteroatoms. The van der Waals surface area contributed by atoms with Crippen LogP contribution in [-0.4, -0.2) is 31.5 Å².